The summed E-state index contributed by atoms with van der Waals surface area (Å²) in [6, 6.07) is 6.79. The van der Waals surface area contributed by atoms with Crippen molar-refractivity contribution in [3.05, 3.63) is 44.8 Å². The minimum Gasteiger partial charge on any atom is -0.478 e. The number of anilines is 4. The Labute approximate surface area is 187 Å². The summed E-state index contributed by atoms with van der Waals surface area (Å²) in [4.78, 5) is 25.9. The number of rotatable bonds is 7. The van der Waals surface area contributed by atoms with E-state index >= 15 is 4.39 Å². The van der Waals surface area contributed by atoms with Gasteiger partial charge in [-0.15, -0.1) is 0 Å². The highest BCUT2D eigenvalue weighted by Gasteiger charge is 2.44. The maximum Gasteiger partial charge on any atom is 0.338 e. The van der Waals surface area contributed by atoms with Crippen LogP contribution in [-0.4, -0.2) is 48.2 Å². The third-order valence-electron chi connectivity index (χ3n) is 4.99. The first-order valence-corrected chi connectivity index (χ1v) is 10.3. The van der Waals surface area contributed by atoms with Crippen molar-refractivity contribution in [2.45, 2.75) is 19.0 Å². The zero-order valence-corrected chi connectivity index (χ0v) is 18.9. The fourth-order valence-electron chi connectivity index (χ4n) is 3.30. The summed E-state index contributed by atoms with van der Waals surface area (Å²) >= 11 is 2.16. The van der Waals surface area contributed by atoms with Gasteiger partial charge in [0.1, 0.15) is 0 Å². The number of primary amides is 1. The van der Waals surface area contributed by atoms with Crippen LogP contribution in [0.25, 0.3) is 0 Å². The molecule has 0 saturated carbocycles. The molecule has 1 aliphatic rings. The van der Waals surface area contributed by atoms with Crippen LogP contribution < -0.4 is 21.7 Å². The van der Waals surface area contributed by atoms with E-state index in [0.29, 0.717) is 12.2 Å². The predicted octanol–water partition coefficient (Wildman–Crippen LogP) is 3.15. The lowest BCUT2D eigenvalue weighted by atomic mass is 10.1. The van der Waals surface area contributed by atoms with E-state index in [2.05, 4.69) is 38.5 Å². The molecule has 30 heavy (non-hydrogen) atoms. The van der Waals surface area contributed by atoms with Gasteiger partial charge in [-0.05, 0) is 73.4 Å². The average Bonchev–Trinajstić information content (AvgIpc) is 3.04. The number of carbonyl (C=O) groups excluding carboxylic acids is 1. The highest BCUT2D eigenvalue weighted by molar-refractivity contribution is 14.1. The maximum atomic E-state index is 15.5. The zero-order valence-electron chi connectivity index (χ0n) is 16.8. The van der Waals surface area contributed by atoms with E-state index in [0.717, 1.165) is 9.13 Å². The molecule has 6 N–H and O–H groups in total. The minimum absolute atomic E-state index is 0.00298. The first kappa shape index (κ1) is 22.1. The molecule has 1 atom stereocenters. The van der Waals surface area contributed by atoms with Crippen LogP contribution in [0.4, 0.5) is 27.1 Å². The number of nitrogens with two attached hydrogens (primary N) is 1. The fraction of sp³-hybridized carbons (Fsp3) is 0.300. The van der Waals surface area contributed by atoms with Crippen molar-refractivity contribution in [3.8, 4) is 0 Å². The van der Waals surface area contributed by atoms with Gasteiger partial charge in [-0.3, -0.25) is 4.79 Å². The molecule has 0 radical (unpaired) electrons. The molecule has 1 heterocycles. The summed E-state index contributed by atoms with van der Waals surface area (Å²) in [5.74, 6) is -2.81. The van der Waals surface area contributed by atoms with Gasteiger partial charge in [0.25, 0.3) is 5.91 Å². The van der Waals surface area contributed by atoms with Gasteiger partial charge >= 0.3 is 5.97 Å². The van der Waals surface area contributed by atoms with Crippen molar-refractivity contribution < 1.29 is 19.1 Å². The number of hydrogen-bond acceptors (Lipinski definition) is 6. The lowest BCUT2D eigenvalue weighted by Gasteiger charge is -2.28. The number of aryl methyl sites for hydroxylation is 1. The number of halogens is 2. The molecule has 1 amide bonds. The standard InChI is InChI=1S/C20H23FIN5O3/c1-10-8-11(22)4-5-13(10)24-16-12(18(28)29)9-14-17(15(16)21)26-20(25-14,19(23)30)6-7-27(2)3/h4-5,8-9,24-26H,6-7H2,1-3H3,(H2,23,30)(H,28,29). The van der Waals surface area contributed by atoms with Gasteiger partial charge in [0.2, 0.25) is 0 Å². The van der Waals surface area contributed by atoms with Crippen LogP contribution >= 0.6 is 22.6 Å². The Morgan fingerprint density at radius 3 is 2.57 bits per heavy atom. The largest absolute Gasteiger partial charge is 0.478 e. The Balaban J connectivity index is 2.06. The van der Waals surface area contributed by atoms with Crippen molar-refractivity contribution in [3.63, 3.8) is 0 Å². The molecular formula is C20H23FIN5O3. The molecule has 0 aliphatic carbocycles. The number of aromatic carboxylic acids is 1. The number of benzene rings is 2. The number of amides is 1. The van der Waals surface area contributed by atoms with Gasteiger partial charge in [-0.2, -0.15) is 0 Å². The summed E-state index contributed by atoms with van der Waals surface area (Å²) in [6.45, 7) is 2.34. The summed E-state index contributed by atoms with van der Waals surface area (Å²) in [5, 5.41) is 18.3. The Bertz CT molecular complexity index is 1030. The van der Waals surface area contributed by atoms with Crippen LogP contribution in [0.1, 0.15) is 22.3 Å². The number of nitrogens with one attached hydrogen (secondary N) is 3. The van der Waals surface area contributed by atoms with Crippen LogP contribution in [0.2, 0.25) is 0 Å². The molecular weight excluding hydrogens is 504 g/mol. The lowest BCUT2D eigenvalue weighted by molar-refractivity contribution is -0.121. The smallest absolute Gasteiger partial charge is 0.338 e. The number of carboxylic acid groups (broad SMARTS) is 1. The third kappa shape index (κ3) is 4.15. The van der Waals surface area contributed by atoms with Gasteiger partial charge in [0, 0.05) is 22.2 Å². The highest BCUT2D eigenvalue weighted by atomic mass is 127. The van der Waals surface area contributed by atoms with Crippen LogP contribution in [0.3, 0.4) is 0 Å². The van der Waals surface area contributed by atoms with Gasteiger partial charge in [-0.25, -0.2) is 9.18 Å². The van der Waals surface area contributed by atoms with Crippen LogP contribution in [0.5, 0.6) is 0 Å². The molecule has 160 valence electrons. The molecule has 2 aromatic carbocycles. The van der Waals surface area contributed by atoms with E-state index in [4.69, 9.17) is 5.73 Å². The van der Waals surface area contributed by atoms with Crippen molar-refractivity contribution in [1.82, 2.24) is 4.90 Å². The Kier molecular flexibility index (Phi) is 6.09. The second-order valence-corrected chi connectivity index (χ2v) is 8.74. The Morgan fingerprint density at radius 1 is 1.30 bits per heavy atom. The van der Waals surface area contributed by atoms with Crippen LogP contribution in [0, 0.1) is 16.3 Å². The third-order valence-corrected chi connectivity index (χ3v) is 5.66. The molecule has 2 aromatic rings. The molecule has 1 aliphatic heterocycles. The number of carbonyl (C=O) groups is 2. The second kappa shape index (κ2) is 8.26. The van der Waals surface area contributed by atoms with E-state index in [9.17, 15) is 14.7 Å². The number of fused-ring (bicyclic) bond motifs is 1. The fourth-order valence-corrected chi connectivity index (χ4v) is 3.95. The molecule has 0 spiro atoms. The number of carboxylic acids is 1. The van der Waals surface area contributed by atoms with Gasteiger partial charge in [0.15, 0.2) is 11.5 Å². The Morgan fingerprint density at radius 2 is 2.00 bits per heavy atom. The SMILES string of the molecule is Cc1cc(I)ccc1Nc1c(C(=O)O)cc2c(c1F)NC(CCN(C)C)(C(N)=O)N2. The number of hydrogen-bond donors (Lipinski definition) is 5. The maximum absolute atomic E-state index is 15.5. The number of nitrogens with zero attached hydrogens (tertiary/aromatic N) is 1. The molecule has 0 aromatic heterocycles. The van der Waals surface area contributed by atoms with E-state index in [1.807, 2.05) is 38.1 Å². The lowest BCUT2D eigenvalue weighted by Crippen LogP contribution is -2.55. The Hall–Kier alpha value is -2.60. The van der Waals surface area contributed by atoms with Gasteiger partial charge in [-0.1, -0.05) is 0 Å². The summed E-state index contributed by atoms with van der Waals surface area (Å²) in [7, 11) is 3.68. The summed E-state index contributed by atoms with van der Waals surface area (Å²) < 4.78 is 16.5. The topological polar surface area (TPSA) is 120 Å². The van der Waals surface area contributed by atoms with E-state index in [-0.39, 0.29) is 29.0 Å². The normalized spacial score (nSPS) is 17.3. The molecule has 10 heteroatoms. The van der Waals surface area contributed by atoms with E-state index in [1.54, 1.807) is 6.07 Å². The monoisotopic (exact) mass is 527 g/mol. The van der Waals surface area contributed by atoms with Crippen molar-refractivity contribution in [1.29, 1.82) is 0 Å². The second-order valence-electron chi connectivity index (χ2n) is 7.50. The molecule has 0 fully saturated rings. The summed E-state index contributed by atoms with van der Waals surface area (Å²) in [5.41, 5.74) is 5.33. The van der Waals surface area contributed by atoms with Crippen molar-refractivity contribution >= 4 is 57.2 Å². The molecule has 0 saturated heterocycles. The van der Waals surface area contributed by atoms with E-state index in [1.165, 1.54) is 6.07 Å². The first-order chi connectivity index (χ1) is 14.0. The van der Waals surface area contributed by atoms with Gasteiger partial charge < -0.3 is 31.7 Å². The molecule has 3 rings (SSSR count). The predicted molar refractivity (Wildman–Crippen MR) is 123 cm³/mol. The van der Waals surface area contributed by atoms with Gasteiger partial charge in [0.05, 0.1) is 22.6 Å². The molecule has 8 nitrogen and oxygen atoms in total. The quantitative estimate of drug-likeness (QED) is 0.351. The average molecular weight is 527 g/mol. The van der Waals surface area contributed by atoms with Crippen LogP contribution in [0.15, 0.2) is 24.3 Å². The zero-order chi connectivity index (χ0) is 22.2. The van der Waals surface area contributed by atoms with Crippen molar-refractivity contribution in [2.24, 2.45) is 5.73 Å². The van der Waals surface area contributed by atoms with Crippen LogP contribution in [-0.2, 0) is 4.79 Å². The van der Waals surface area contributed by atoms with Crippen molar-refractivity contribution in [2.75, 3.05) is 36.6 Å². The first-order valence-electron chi connectivity index (χ1n) is 9.18. The molecule has 0 bridgehead atoms. The molecule has 1 unspecified atom stereocenters. The van der Waals surface area contributed by atoms with E-state index < -0.39 is 23.4 Å². The minimum atomic E-state index is -1.42. The highest BCUT2D eigenvalue weighted by Crippen LogP contribution is 2.43. The summed E-state index contributed by atoms with van der Waals surface area (Å²) in [6.07, 6.45) is 0.255.